The minimum atomic E-state index is -3.75. The van der Waals surface area contributed by atoms with E-state index in [0.717, 1.165) is 0 Å². The number of hydrogen-bond donors (Lipinski definition) is 2. The Labute approximate surface area is 115 Å². The van der Waals surface area contributed by atoms with Gasteiger partial charge in [0.2, 0.25) is 0 Å². The molecule has 0 radical (unpaired) electrons. The van der Waals surface area contributed by atoms with Crippen LogP contribution in [0.2, 0.25) is 5.15 Å². The number of anilines is 2. The molecule has 3 N–H and O–H groups in total. The van der Waals surface area contributed by atoms with E-state index in [9.17, 15) is 8.42 Å². The van der Waals surface area contributed by atoms with Gasteiger partial charge in [0.25, 0.3) is 10.0 Å². The van der Waals surface area contributed by atoms with Crippen molar-refractivity contribution in [2.45, 2.75) is 11.8 Å². The number of aromatic nitrogens is 2. The summed E-state index contributed by atoms with van der Waals surface area (Å²) in [6.45, 7) is 1.68. The molecule has 19 heavy (non-hydrogen) atoms. The Morgan fingerprint density at radius 2 is 1.95 bits per heavy atom. The molecule has 100 valence electrons. The number of sulfonamides is 1. The monoisotopic (exact) mass is 298 g/mol. The lowest BCUT2D eigenvalue weighted by Crippen LogP contribution is -2.15. The quantitative estimate of drug-likeness (QED) is 0.842. The molecule has 6 nitrogen and oxygen atoms in total. The minimum Gasteiger partial charge on any atom is -0.399 e. The van der Waals surface area contributed by atoms with Gasteiger partial charge in [-0.05, 0) is 36.8 Å². The van der Waals surface area contributed by atoms with Crippen molar-refractivity contribution in [1.82, 2.24) is 10.2 Å². The van der Waals surface area contributed by atoms with E-state index in [4.69, 9.17) is 17.3 Å². The van der Waals surface area contributed by atoms with Crippen molar-refractivity contribution in [2.24, 2.45) is 0 Å². The zero-order chi connectivity index (χ0) is 14.0. The van der Waals surface area contributed by atoms with E-state index < -0.39 is 10.0 Å². The van der Waals surface area contributed by atoms with Crippen LogP contribution >= 0.6 is 11.6 Å². The number of benzene rings is 1. The standard InChI is InChI=1S/C11H11ClN4O2S/c1-7-2-3-8(13)6-9(7)19(17,18)16-11-5-4-10(12)14-15-11/h2-6H,13H2,1H3,(H,15,16). The lowest BCUT2D eigenvalue weighted by molar-refractivity contribution is 0.600. The summed E-state index contributed by atoms with van der Waals surface area (Å²) in [4.78, 5) is 0.101. The summed E-state index contributed by atoms with van der Waals surface area (Å²) >= 11 is 5.58. The van der Waals surface area contributed by atoms with Crippen LogP contribution in [0.4, 0.5) is 11.5 Å². The summed E-state index contributed by atoms with van der Waals surface area (Å²) in [6, 6.07) is 7.53. The van der Waals surface area contributed by atoms with Crippen molar-refractivity contribution in [3.8, 4) is 0 Å². The zero-order valence-electron chi connectivity index (χ0n) is 9.96. The third kappa shape index (κ3) is 3.12. The molecule has 0 saturated carbocycles. The highest BCUT2D eigenvalue weighted by molar-refractivity contribution is 7.92. The third-order valence-electron chi connectivity index (χ3n) is 2.37. The van der Waals surface area contributed by atoms with Crippen LogP contribution in [0.3, 0.4) is 0 Å². The lowest BCUT2D eigenvalue weighted by Gasteiger charge is -2.09. The fourth-order valence-corrected chi connectivity index (χ4v) is 2.85. The number of nitrogens with one attached hydrogen (secondary N) is 1. The van der Waals surface area contributed by atoms with Crippen LogP contribution in [0.25, 0.3) is 0 Å². The molecule has 0 spiro atoms. The zero-order valence-corrected chi connectivity index (χ0v) is 11.5. The number of rotatable bonds is 3. The summed E-state index contributed by atoms with van der Waals surface area (Å²) < 4.78 is 26.7. The van der Waals surface area contributed by atoms with Gasteiger partial charge >= 0.3 is 0 Å². The van der Waals surface area contributed by atoms with Crippen LogP contribution in [0.15, 0.2) is 35.2 Å². The van der Waals surface area contributed by atoms with Crippen LogP contribution in [-0.4, -0.2) is 18.6 Å². The SMILES string of the molecule is Cc1ccc(N)cc1S(=O)(=O)Nc1ccc(Cl)nn1. The van der Waals surface area contributed by atoms with Gasteiger partial charge in [0.1, 0.15) is 0 Å². The molecule has 2 aromatic rings. The van der Waals surface area contributed by atoms with Crippen LogP contribution in [0.1, 0.15) is 5.56 Å². The summed E-state index contributed by atoms with van der Waals surface area (Å²) in [7, 11) is -3.75. The third-order valence-corrected chi connectivity index (χ3v) is 4.07. The summed E-state index contributed by atoms with van der Waals surface area (Å²) in [5, 5.41) is 7.38. The highest BCUT2D eigenvalue weighted by Crippen LogP contribution is 2.20. The van der Waals surface area contributed by atoms with E-state index in [1.807, 2.05) is 0 Å². The second-order valence-corrected chi connectivity index (χ2v) is 5.91. The lowest BCUT2D eigenvalue weighted by atomic mass is 10.2. The Kier molecular flexibility index (Phi) is 3.59. The number of nitrogen functional groups attached to an aromatic ring is 1. The molecule has 0 aliphatic heterocycles. The molecule has 1 heterocycles. The molecule has 0 bridgehead atoms. The summed E-state index contributed by atoms with van der Waals surface area (Å²) in [5.74, 6) is 0.0891. The molecule has 1 aromatic carbocycles. The molecular weight excluding hydrogens is 288 g/mol. The van der Waals surface area contributed by atoms with E-state index in [-0.39, 0.29) is 15.9 Å². The van der Waals surface area contributed by atoms with Crippen molar-refractivity contribution < 1.29 is 8.42 Å². The van der Waals surface area contributed by atoms with Crippen LogP contribution < -0.4 is 10.5 Å². The van der Waals surface area contributed by atoms with E-state index in [2.05, 4.69) is 14.9 Å². The number of nitrogens with zero attached hydrogens (tertiary/aromatic N) is 2. The second kappa shape index (κ2) is 5.02. The Morgan fingerprint density at radius 1 is 1.21 bits per heavy atom. The van der Waals surface area contributed by atoms with Crippen molar-refractivity contribution >= 4 is 33.1 Å². The largest absolute Gasteiger partial charge is 0.399 e. The molecule has 0 unspecified atom stereocenters. The van der Waals surface area contributed by atoms with Crippen LogP contribution in [-0.2, 0) is 10.0 Å². The maximum absolute atomic E-state index is 12.2. The fraction of sp³-hybridized carbons (Fsp3) is 0.0909. The summed E-state index contributed by atoms with van der Waals surface area (Å²) in [5.41, 5.74) is 6.56. The van der Waals surface area contributed by atoms with E-state index in [1.165, 1.54) is 18.2 Å². The highest BCUT2D eigenvalue weighted by atomic mass is 35.5. The molecule has 2 rings (SSSR count). The first-order valence-electron chi connectivity index (χ1n) is 5.27. The van der Waals surface area contributed by atoms with Gasteiger partial charge < -0.3 is 5.73 Å². The predicted octanol–water partition coefficient (Wildman–Crippen LogP) is 1.82. The molecule has 1 aromatic heterocycles. The number of nitrogens with two attached hydrogens (primary N) is 1. The number of aryl methyl sites for hydroxylation is 1. The molecule has 0 aliphatic carbocycles. The van der Waals surface area contributed by atoms with Gasteiger partial charge in [-0.2, -0.15) is 0 Å². The van der Waals surface area contributed by atoms with Crippen LogP contribution in [0, 0.1) is 6.92 Å². The van der Waals surface area contributed by atoms with E-state index in [1.54, 1.807) is 19.1 Å². The Balaban J connectivity index is 2.37. The molecule has 0 aliphatic rings. The maximum atomic E-state index is 12.2. The summed E-state index contributed by atoms with van der Waals surface area (Å²) in [6.07, 6.45) is 0. The van der Waals surface area contributed by atoms with Gasteiger partial charge in [0.15, 0.2) is 11.0 Å². The molecule has 0 saturated heterocycles. The smallest absolute Gasteiger partial charge is 0.263 e. The first kappa shape index (κ1) is 13.6. The van der Waals surface area contributed by atoms with Crippen molar-refractivity contribution in [3.63, 3.8) is 0 Å². The fourth-order valence-electron chi connectivity index (χ4n) is 1.47. The molecule has 8 heteroatoms. The molecule has 0 amide bonds. The topological polar surface area (TPSA) is 98.0 Å². The first-order valence-corrected chi connectivity index (χ1v) is 7.13. The van der Waals surface area contributed by atoms with Crippen molar-refractivity contribution in [1.29, 1.82) is 0 Å². The van der Waals surface area contributed by atoms with Gasteiger partial charge in [0, 0.05) is 5.69 Å². The van der Waals surface area contributed by atoms with E-state index in [0.29, 0.717) is 11.3 Å². The average molecular weight is 299 g/mol. The Bertz CT molecular complexity index is 701. The van der Waals surface area contributed by atoms with Crippen LogP contribution in [0.5, 0.6) is 0 Å². The van der Waals surface area contributed by atoms with Gasteiger partial charge in [-0.15, -0.1) is 10.2 Å². The van der Waals surface area contributed by atoms with Gasteiger partial charge in [-0.3, -0.25) is 4.72 Å². The predicted molar refractivity (Wildman–Crippen MR) is 73.4 cm³/mol. The van der Waals surface area contributed by atoms with E-state index >= 15 is 0 Å². The average Bonchev–Trinajstić information content (AvgIpc) is 2.35. The Morgan fingerprint density at radius 3 is 2.58 bits per heavy atom. The normalized spacial score (nSPS) is 11.3. The van der Waals surface area contributed by atoms with Crippen molar-refractivity contribution in [3.05, 3.63) is 41.0 Å². The molecule has 0 atom stereocenters. The first-order chi connectivity index (χ1) is 8.88. The van der Waals surface area contributed by atoms with Gasteiger partial charge in [-0.25, -0.2) is 8.42 Å². The maximum Gasteiger partial charge on any atom is 0.263 e. The highest BCUT2D eigenvalue weighted by Gasteiger charge is 2.18. The molecular formula is C11H11ClN4O2S. The minimum absolute atomic E-state index is 0.0891. The van der Waals surface area contributed by atoms with Gasteiger partial charge in [-0.1, -0.05) is 17.7 Å². The van der Waals surface area contributed by atoms with Crippen molar-refractivity contribution in [2.75, 3.05) is 10.5 Å². The second-order valence-electron chi connectivity index (χ2n) is 3.87. The Hall–Kier alpha value is -1.86. The van der Waals surface area contributed by atoms with Gasteiger partial charge in [0.05, 0.1) is 4.90 Å². The molecule has 0 fully saturated rings. The number of halogens is 1. The number of hydrogen-bond acceptors (Lipinski definition) is 5.